The molecule has 0 aliphatic rings. The number of aromatic nitrogens is 2. The van der Waals surface area contributed by atoms with Crippen LogP contribution in [0.4, 0.5) is 0 Å². The summed E-state index contributed by atoms with van der Waals surface area (Å²) in [4.78, 5) is 8.13. The van der Waals surface area contributed by atoms with Gasteiger partial charge in [-0.05, 0) is 17.7 Å². The smallest absolute Gasteiger partial charge is 0.216 e. The molecule has 0 amide bonds. The van der Waals surface area contributed by atoms with Gasteiger partial charge in [0, 0.05) is 6.07 Å². The van der Waals surface area contributed by atoms with Crippen molar-refractivity contribution in [3.63, 3.8) is 0 Å². The summed E-state index contributed by atoms with van der Waals surface area (Å²) in [6.45, 7) is 0. The van der Waals surface area contributed by atoms with Gasteiger partial charge in [0.25, 0.3) is 0 Å². The zero-order valence-corrected chi connectivity index (χ0v) is 11.6. The minimum atomic E-state index is -0.327. The zero-order chi connectivity index (χ0) is 13.8. The molecule has 1 unspecified atom stereocenters. The maximum absolute atomic E-state index is 6.00. The Morgan fingerprint density at radius 2 is 2.00 bits per heavy atom. The fraction of sp³-hybridized carbons (Fsp3) is 0.167. The molecular weight excluding hydrogens is 287 g/mol. The van der Waals surface area contributed by atoms with Crippen molar-refractivity contribution in [1.82, 2.24) is 15.4 Å². The van der Waals surface area contributed by atoms with E-state index >= 15 is 0 Å². The van der Waals surface area contributed by atoms with Gasteiger partial charge in [-0.3, -0.25) is 5.84 Å². The zero-order valence-electron chi connectivity index (χ0n) is 10.1. The van der Waals surface area contributed by atoms with E-state index in [4.69, 9.17) is 33.8 Å². The van der Waals surface area contributed by atoms with Crippen LogP contribution in [0.25, 0.3) is 0 Å². The van der Waals surface area contributed by atoms with Gasteiger partial charge in [-0.15, -0.1) is 0 Å². The van der Waals surface area contributed by atoms with Crippen LogP contribution in [0.1, 0.15) is 17.3 Å². The topological polar surface area (TPSA) is 73.1 Å². The Labute approximate surface area is 120 Å². The second-order valence-corrected chi connectivity index (χ2v) is 4.57. The lowest BCUT2D eigenvalue weighted by Gasteiger charge is -2.16. The summed E-state index contributed by atoms with van der Waals surface area (Å²) in [6.07, 6.45) is 1.41. The minimum absolute atomic E-state index is 0.327. The first-order chi connectivity index (χ1) is 9.15. The highest BCUT2D eigenvalue weighted by atomic mass is 35.5. The van der Waals surface area contributed by atoms with Crippen LogP contribution in [0.3, 0.4) is 0 Å². The average molecular weight is 299 g/mol. The standard InChI is InChI=1S/C12H12Cl2N4O/c1-19-11-5-10(16-6-17-11)12(18-15)7-2-3-8(13)9(14)4-7/h2-6,12,18H,15H2,1H3. The molecule has 19 heavy (non-hydrogen) atoms. The maximum Gasteiger partial charge on any atom is 0.216 e. The lowest BCUT2D eigenvalue weighted by atomic mass is 10.0. The monoisotopic (exact) mass is 298 g/mol. The number of rotatable bonds is 4. The molecule has 0 saturated carbocycles. The highest BCUT2D eigenvalue weighted by Crippen LogP contribution is 2.28. The summed E-state index contributed by atoms with van der Waals surface area (Å²) in [5, 5.41) is 0.946. The summed E-state index contributed by atoms with van der Waals surface area (Å²) >= 11 is 11.9. The molecule has 5 nitrogen and oxygen atoms in total. The van der Waals surface area contributed by atoms with Crippen molar-refractivity contribution in [2.24, 2.45) is 5.84 Å². The number of hydrogen-bond donors (Lipinski definition) is 2. The SMILES string of the molecule is COc1cc(C(NN)c2ccc(Cl)c(Cl)c2)ncn1. The number of hydrogen-bond acceptors (Lipinski definition) is 5. The van der Waals surface area contributed by atoms with Crippen molar-refractivity contribution in [3.8, 4) is 5.88 Å². The molecule has 2 rings (SSSR count). The summed E-state index contributed by atoms with van der Waals surface area (Å²) in [7, 11) is 1.54. The number of benzene rings is 1. The van der Waals surface area contributed by atoms with E-state index in [0.29, 0.717) is 21.6 Å². The molecule has 0 radical (unpaired) electrons. The molecule has 7 heteroatoms. The lowest BCUT2D eigenvalue weighted by Crippen LogP contribution is -2.29. The normalized spacial score (nSPS) is 12.2. The van der Waals surface area contributed by atoms with Crippen molar-refractivity contribution < 1.29 is 4.74 Å². The third-order valence-electron chi connectivity index (χ3n) is 2.61. The molecule has 1 atom stereocenters. The van der Waals surface area contributed by atoms with Gasteiger partial charge in [0.1, 0.15) is 6.33 Å². The van der Waals surface area contributed by atoms with E-state index in [1.165, 1.54) is 13.4 Å². The molecule has 100 valence electrons. The Bertz CT molecular complexity index is 579. The molecule has 0 saturated heterocycles. The van der Waals surface area contributed by atoms with E-state index in [9.17, 15) is 0 Å². The number of hydrazine groups is 1. The van der Waals surface area contributed by atoms with Gasteiger partial charge >= 0.3 is 0 Å². The number of halogens is 2. The van der Waals surface area contributed by atoms with Crippen LogP contribution in [0.5, 0.6) is 5.88 Å². The van der Waals surface area contributed by atoms with Crippen LogP contribution < -0.4 is 16.0 Å². The van der Waals surface area contributed by atoms with Crippen LogP contribution in [0.2, 0.25) is 10.0 Å². The third kappa shape index (κ3) is 3.13. The van der Waals surface area contributed by atoms with Crippen LogP contribution in [0, 0.1) is 0 Å². The number of nitrogens with one attached hydrogen (secondary N) is 1. The molecule has 0 aliphatic carbocycles. The summed E-state index contributed by atoms with van der Waals surface area (Å²) < 4.78 is 5.06. The molecule has 0 fully saturated rings. The van der Waals surface area contributed by atoms with E-state index in [0.717, 1.165) is 5.56 Å². The first-order valence-electron chi connectivity index (χ1n) is 5.42. The van der Waals surface area contributed by atoms with Crippen molar-refractivity contribution in [1.29, 1.82) is 0 Å². The third-order valence-corrected chi connectivity index (χ3v) is 3.35. The van der Waals surface area contributed by atoms with Gasteiger partial charge in [0.05, 0.1) is 28.9 Å². The molecule has 1 aromatic heterocycles. The first kappa shape index (κ1) is 14.0. The van der Waals surface area contributed by atoms with Gasteiger partial charge in [-0.2, -0.15) is 0 Å². The van der Waals surface area contributed by atoms with Gasteiger partial charge < -0.3 is 4.74 Å². The van der Waals surface area contributed by atoms with E-state index in [-0.39, 0.29) is 6.04 Å². The molecule has 1 heterocycles. The van der Waals surface area contributed by atoms with Crippen LogP contribution in [-0.2, 0) is 0 Å². The Morgan fingerprint density at radius 3 is 2.63 bits per heavy atom. The Kier molecular flexibility index (Phi) is 4.55. The molecule has 1 aromatic carbocycles. The summed E-state index contributed by atoms with van der Waals surface area (Å²) in [5.41, 5.74) is 4.20. The molecule has 3 N–H and O–H groups in total. The van der Waals surface area contributed by atoms with E-state index < -0.39 is 0 Å². The largest absolute Gasteiger partial charge is 0.481 e. The Hall–Kier alpha value is -1.40. The summed E-state index contributed by atoms with van der Waals surface area (Å²) in [6, 6.07) is 6.65. The van der Waals surface area contributed by atoms with Gasteiger partial charge in [0.15, 0.2) is 0 Å². The fourth-order valence-electron chi connectivity index (χ4n) is 1.67. The van der Waals surface area contributed by atoms with Crippen LogP contribution >= 0.6 is 23.2 Å². The number of methoxy groups -OCH3 is 1. The predicted octanol–water partition coefficient (Wildman–Crippen LogP) is 2.34. The number of ether oxygens (including phenoxy) is 1. The van der Waals surface area contributed by atoms with Crippen molar-refractivity contribution >= 4 is 23.2 Å². The Balaban J connectivity index is 2.40. The van der Waals surface area contributed by atoms with Gasteiger partial charge in [0.2, 0.25) is 5.88 Å². The lowest BCUT2D eigenvalue weighted by molar-refractivity contribution is 0.395. The molecule has 0 bridgehead atoms. The van der Waals surface area contributed by atoms with E-state index in [1.807, 2.05) is 6.07 Å². The van der Waals surface area contributed by atoms with Crippen molar-refractivity contribution in [2.75, 3.05) is 7.11 Å². The fourth-order valence-corrected chi connectivity index (χ4v) is 1.97. The van der Waals surface area contributed by atoms with Crippen LogP contribution in [-0.4, -0.2) is 17.1 Å². The minimum Gasteiger partial charge on any atom is -0.481 e. The van der Waals surface area contributed by atoms with Crippen molar-refractivity contribution in [2.45, 2.75) is 6.04 Å². The van der Waals surface area contributed by atoms with Crippen molar-refractivity contribution in [3.05, 3.63) is 51.9 Å². The molecule has 0 aliphatic heterocycles. The number of nitrogens with two attached hydrogens (primary N) is 1. The molecule has 2 aromatic rings. The maximum atomic E-state index is 6.00. The quantitative estimate of drug-likeness (QED) is 0.669. The first-order valence-corrected chi connectivity index (χ1v) is 6.18. The van der Waals surface area contributed by atoms with E-state index in [1.54, 1.807) is 18.2 Å². The summed E-state index contributed by atoms with van der Waals surface area (Å²) in [5.74, 6) is 6.05. The van der Waals surface area contributed by atoms with Gasteiger partial charge in [-0.25, -0.2) is 15.4 Å². The van der Waals surface area contributed by atoms with Crippen LogP contribution in [0.15, 0.2) is 30.6 Å². The number of nitrogens with zero attached hydrogens (tertiary/aromatic N) is 2. The molecular formula is C12H12Cl2N4O. The molecule has 0 spiro atoms. The second-order valence-electron chi connectivity index (χ2n) is 3.76. The highest BCUT2D eigenvalue weighted by molar-refractivity contribution is 6.42. The Morgan fingerprint density at radius 1 is 1.21 bits per heavy atom. The van der Waals surface area contributed by atoms with E-state index in [2.05, 4.69) is 15.4 Å². The van der Waals surface area contributed by atoms with Gasteiger partial charge in [-0.1, -0.05) is 29.3 Å². The highest BCUT2D eigenvalue weighted by Gasteiger charge is 2.16. The second kappa shape index (κ2) is 6.16. The average Bonchev–Trinajstić information content (AvgIpc) is 2.44. The predicted molar refractivity (Wildman–Crippen MR) is 74.2 cm³/mol.